The van der Waals surface area contributed by atoms with Gasteiger partial charge in [-0.2, -0.15) is 0 Å². The molecule has 0 radical (unpaired) electrons. The second-order valence-electron chi connectivity index (χ2n) is 8.60. The van der Waals surface area contributed by atoms with E-state index in [1.807, 2.05) is 0 Å². The molecule has 0 bridgehead atoms. The number of carboxylic acids is 1. The van der Waals surface area contributed by atoms with E-state index in [4.69, 9.17) is 14.6 Å². The molecule has 186 valence electrons. The van der Waals surface area contributed by atoms with E-state index in [2.05, 4.69) is 13.5 Å². The molecule has 0 spiro atoms. The minimum atomic E-state index is -1.05. The van der Waals surface area contributed by atoms with Gasteiger partial charge in [-0.3, -0.25) is 0 Å². The van der Waals surface area contributed by atoms with Crippen molar-refractivity contribution in [2.24, 2.45) is 0 Å². The molecule has 0 fully saturated rings. The standard InChI is InChI=1S/C27H48O5/c1-3-4-5-6-7-8-9-10-11-12-13-14-15-16-17-18-22-31-23-24-32-27(30)25(2)20-19-21-26(28)29/h19,21H,2-18,20,22-24H2,1H3,(H,28,29). The van der Waals surface area contributed by atoms with Crippen molar-refractivity contribution in [1.82, 2.24) is 0 Å². The number of unbranched alkanes of at least 4 members (excludes halogenated alkanes) is 15. The number of hydrogen-bond donors (Lipinski definition) is 1. The van der Waals surface area contributed by atoms with Gasteiger partial charge in [-0.05, 0) is 12.8 Å². The first-order valence-corrected chi connectivity index (χ1v) is 12.9. The largest absolute Gasteiger partial charge is 0.478 e. The van der Waals surface area contributed by atoms with Gasteiger partial charge in [0.2, 0.25) is 0 Å². The third-order valence-electron chi connectivity index (χ3n) is 5.52. The molecule has 0 aromatic heterocycles. The van der Waals surface area contributed by atoms with Gasteiger partial charge in [0.05, 0.1) is 6.61 Å². The zero-order valence-corrected chi connectivity index (χ0v) is 20.6. The molecule has 0 unspecified atom stereocenters. The molecule has 0 aliphatic carbocycles. The maximum absolute atomic E-state index is 11.7. The molecule has 0 aliphatic rings. The first kappa shape index (κ1) is 30.4. The summed E-state index contributed by atoms with van der Waals surface area (Å²) in [6.07, 6.45) is 24.1. The summed E-state index contributed by atoms with van der Waals surface area (Å²) in [6, 6.07) is 0. The Morgan fingerprint density at radius 1 is 0.719 bits per heavy atom. The molecule has 0 aliphatic heterocycles. The number of carbonyl (C=O) groups excluding carboxylic acids is 1. The lowest BCUT2D eigenvalue weighted by molar-refractivity contribution is -0.140. The minimum absolute atomic E-state index is 0.172. The van der Waals surface area contributed by atoms with Gasteiger partial charge in [-0.25, -0.2) is 9.59 Å². The van der Waals surface area contributed by atoms with Gasteiger partial charge >= 0.3 is 11.9 Å². The summed E-state index contributed by atoms with van der Waals surface area (Å²) >= 11 is 0. The Morgan fingerprint density at radius 2 is 1.19 bits per heavy atom. The molecule has 0 atom stereocenters. The van der Waals surface area contributed by atoms with E-state index in [1.165, 1.54) is 102 Å². The third-order valence-corrected chi connectivity index (χ3v) is 5.52. The number of aliphatic carboxylic acids is 1. The lowest BCUT2D eigenvalue weighted by atomic mass is 10.0. The number of allylic oxidation sites excluding steroid dienone is 1. The van der Waals surface area contributed by atoms with Crippen LogP contribution in [0.1, 0.15) is 116 Å². The maximum Gasteiger partial charge on any atom is 0.333 e. The van der Waals surface area contributed by atoms with Crippen molar-refractivity contribution in [2.75, 3.05) is 19.8 Å². The Labute approximate surface area is 196 Å². The van der Waals surface area contributed by atoms with E-state index >= 15 is 0 Å². The highest BCUT2D eigenvalue weighted by molar-refractivity contribution is 5.88. The van der Waals surface area contributed by atoms with Crippen LogP contribution in [-0.2, 0) is 19.1 Å². The van der Waals surface area contributed by atoms with Crippen LogP contribution in [0.2, 0.25) is 0 Å². The fourth-order valence-electron chi connectivity index (χ4n) is 3.53. The smallest absolute Gasteiger partial charge is 0.333 e. The third kappa shape index (κ3) is 23.1. The first-order valence-electron chi connectivity index (χ1n) is 12.9. The van der Waals surface area contributed by atoms with Crippen molar-refractivity contribution < 1.29 is 24.2 Å². The van der Waals surface area contributed by atoms with Crippen LogP contribution < -0.4 is 0 Å². The number of ether oxygens (including phenoxy) is 2. The van der Waals surface area contributed by atoms with Gasteiger partial charge in [-0.1, -0.05) is 116 Å². The summed E-state index contributed by atoms with van der Waals surface area (Å²) in [6.45, 7) is 7.13. The number of hydrogen-bond acceptors (Lipinski definition) is 4. The predicted octanol–water partition coefficient (Wildman–Crippen LogP) is 7.39. The molecule has 5 heteroatoms. The molecule has 0 aromatic rings. The van der Waals surface area contributed by atoms with Crippen LogP contribution in [0.15, 0.2) is 24.3 Å². The fourth-order valence-corrected chi connectivity index (χ4v) is 3.53. The Morgan fingerprint density at radius 3 is 1.66 bits per heavy atom. The Hall–Kier alpha value is -1.62. The highest BCUT2D eigenvalue weighted by Crippen LogP contribution is 2.13. The maximum atomic E-state index is 11.7. The van der Waals surface area contributed by atoms with E-state index in [9.17, 15) is 9.59 Å². The zero-order valence-electron chi connectivity index (χ0n) is 20.6. The fraction of sp³-hybridized carbons (Fsp3) is 0.778. The molecule has 32 heavy (non-hydrogen) atoms. The van der Waals surface area contributed by atoms with Gasteiger partial charge in [0.15, 0.2) is 0 Å². The summed E-state index contributed by atoms with van der Waals surface area (Å²) in [7, 11) is 0. The number of esters is 1. The van der Waals surface area contributed by atoms with Crippen LogP contribution in [0, 0.1) is 0 Å². The molecule has 0 saturated carbocycles. The molecule has 5 nitrogen and oxygen atoms in total. The molecule has 0 saturated heterocycles. The summed E-state index contributed by atoms with van der Waals surface area (Å²) in [5.74, 6) is -1.56. The molecular formula is C27H48O5. The second-order valence-corrected chi connectivity index (χ2v) is 8.60. The lowest BCUT2D eigenvalue weighted by Gasteiger charge is -2.07. The monoisotopic (exact) mass is 452 g/mol. The van der Waals surface area contributed by atoms with Crippen LogP contribution in [0.25, 0.3) is 0 Å². The average molecular weight is 453 g/mol. The van der Waals surface area contributed by atoms with E-state index in [-0.39, 0.29) is 18.6 Å². The van der Waals surface area contributed by atoms with Crippen LogP contribution in [0.5, 0.6) is 0 Å². The number of carbonyl (C=O) groups is 2. The highest BCUT2D eigenvalue weighted by Gasteiger charge is 2.06. The quantitative estimate of drug-likeness (QED) is 0.0938. The van der Waals surface area contributed by atoms with Crippen LogP contribution in [0.4, 0.5) is 0 Å². The zero-order chi connectivity index (χ0) is 23.7. The summed E-state index contributed by atoms with van der Waals surface area (Å²) < 4.78 is 10.5. The normalized spacial score (nSPS) is 11.2. The van der Waals surface area contributed by atoms with Crippen LogP contribution in [-0.4, -0.2) is 36.9 Å². The SMILES string of the molecule is C=C(CC=CC(=O)O)C(=O)OCCOCCCCCCCCCCCCCCCCCC. The Balaban J connectivity index is 3.24. The molecule has 0 aromatic carbocycles. The second kappa shape index (κ2) is 24.0. The van der Waals surface area contributed by atoms with Gasteiger partial charge in [-0.15, -0.1) is 0 Å². The summed E-state index contributed by atoms with van der Waals surface area (Å²) in [5, 5.41) is 8.50. The van der Waals surface area contributed by atoms with Crippen molar-refractivity contribution in [1.29, 1.82) is 0 Å². The summed E-state index contributed by atoms with van der Waals surface area (Å²) in [4.78, 5) is 22.0. The van der Waals surface area contributed by atoms with Crippen LogP contribution >= 0.6 is 0 Å². The van der Waals surface area contributed by atoms with Gasteiger partial charge < -0.3 is 14.6 Å². The van der Waals surface area contributed by atoms with Crippen LogP contribution in [0.3, 0.4) is 0 Å². The van der Waals surface area contributed by atoms with Gasteiger partial charge in [0.1, 0.15) is 6.61 Å². The van der Waals surface area contributed by atoms with Crippen molar-refractivity contribution >= 4 is 11.9 Å². The van der Waals surface area contributed by atoms with E-state index in [1.54, 1.807) is 0 Å². The summed E-state index contributed by atoms with van der Waals surface area (Å²) in [5.41, 5.74) is 0.236. The van der Waals surface area contributed by atoms with E-state index < -0.39 is 11.9 Å². The molecule has 0 amide bonds. The van der Waals surface area contributed by atoms with E-state index in [0.717, 1.165) is 12.5 Å². The predicted molar refractivity (Wildman–Crippen MR) is 132 cm³/mol. The number of rotatable bonds is 24. The molecular weight excluding hydrogens is 404 g/mol. The Kier molecular flexibility index (Phi) is 22.8. The molecule has 0 heterocycles. The molecule has 0 rings (SSSR count). The van der Waals surface area contributed by atoms with Gasteiger partial charge in [0.25, 0.3) is 0 Å². The average Bonchev–Trinajstić information content (AvgIpc) is 2.77. The van der Waals surface area contributed by atoms with Crippen molar-refractivity contribution in [3.05, 3.63) is 24.3 Å². The van der Waals surface area contributed by atoms with Crippen molar-refractivity contribution in [3.8, 4) is 0 Å². The van der Waals surface area contributed by atoms with Crippen molar-refractivity contribution in [3.63, 3.8) is 0 Å². The number of carboxylic acid groups (broad SMARTS) is 1. The Bertz CT molecular complexity index is 498. The van der Waals surface area contributed by atoms with Crippen molar-refractivity contribution in [2.45, 2.75) is 116 Å². The minimum Gasteiger partial charge on any atom is -0.478 e. The van der Waals surface area contributed by atoms with E-state index in [0.29, 0.717) is 13.2 Å². The molecule has 1 N–H and O–H groups in total. The topological polar surface area (TPSA) is 72.8 Å². The first-order chi connectivity index (χ1) is 15.6. The van der Waals surface area contributed by atoms with Gasteiger partial charge in [0, 0.05) is 18.3 Å². The lowest BCUT2D eigenvalue weighted by Crippen LogP contribution is -2.12. The highest BCUT2D eigenvalue weighted by atomic mass is 16.6.